The molecule has 2 unspecified atom stereocenters. The van der Waals surface area contributed by atoms with Gasteiger partial charge in [0.2, 0.25) is 0 Å². The molecule has 0 aromatic heterocycles. The molecule has 1 heteroatoms. The molecule has 1 aliphatic heterocycles. The highest BCUT2D eigenvalue weighted by Gasteiger charge is 2.14. The van der Waals surface area contributed by atoms with Crippen LogP contribution in [0.5, 0.6) is 0 Å². The summed E-state index contributed by atoms with van der Waals surface area (Å²) in [5, 5.41) is 0. The van der Waals surface area contributed by atoms with Crippen molar-refractivity contribution in [3.8, 4) is 0 Å². The van der Waals surface area contributed by atoms with E-state index < -0.39 is 26.0 Å². The topological polar surface area (TPSA) is 12.4 Å². The highest BCUT2D eigenvalue weighted by Crippen LogP contribution is 2.22. The summed E-state index contributed by atoms with van der Waals surface area (Å²) < 4.78 is 52.7. The first-order valence-corrected chi connectivity index (χ1v) is 4.83. The molecule has 0 bridgehead atoms. The van der Waals surface area contributed by atoms with E-state index in [1.807, 2.05) is 0 Å². The average molecular weight is 206 g/mol. The molecule has 15 heavy (non-hydrogen) atoms. The summed E-state index contributed by atoms with van der Waals surface area (Å²) >= 11 is 0. The fraction of sp³-hybridized carbons (Fsp3) is 0.357. The summed E-state index contributed by atoms with van der Waals surface area (Å²) in [7, 11) is 0. The highest BCUT2D eigenvalue weighted by molar-refractivity contribution is 6.01. The van der Waals surface area contributed by atoms with Gasteiger partial charge in [-0.2, -0.15) is 0 Å². The van der Waals surface area contributed by atoms with Gasteiger partial charge in [-0.15, -0.1) is 0 Å². The van der Waals surface area contributed by atoms with Gasteiger partial charge in [-0.3, -0.25) is 4.99 Å². The van der Waals surface area contributed by atoms with Crippen LogP contribution in [0.15, 0.2) is 41.0 Å². The van der Waals surface area contributed by atoms with Crippen LogP contribution >= 0.6 is 0 Å². The van der Waals surface area contributed by atoms with Crippen LogP contribution in [0.4, 0.5) is 0 Å². The van der Waals surface area contributed by atoms with Crippen LogP contribution in [-0.2, 0) is 0 Å². The third kappa shape index (κ3) is 2.17. The van der Waals surface area contributed by atoms with Gasteiger partial charge in [0, 0.05) is 21.5 Å². The van der Waals surface area contributed by atoms with Gasteiger partial charge in [0.25, 0.3) is 0 Å². The molecule has 0 fully saturated rings. The average Bonchev–Trinajstić information content (AvgIpc) is 2.39. The molecule has 1 nitrogen and oxygen atoms in total. The number of aliphatic imine (C=N–C) groups is 1. The Bertz CT molecular complexity index is 608. The maximum absolute atomic E-state index is 8.23. The number of aryl methyl sites for hydroxylation is 1. The van der Waals surface area contributed by atoms with E-state index in [1.165, 1.54) is 18.3 Å². The van der Waals surface area contributed by atoms with Crippen LogP contribution in [0, 0.1) is 12.8 Å². The van der Waals surface area contributed by atoms with Crippen molar-refractivity contribution in [1.82, 2.24) is 0 Å². The van der Waals surface area contributed by atoms with Gasteiger partial charge < -0.3 is 0 Å². The zero-order valence-electron chi connectivity index (χ0n) is 15.5. The van der Waals surface area contributed by atoms with Crippen molar-refractivity contribution < 1.29 is 9.60 Å². The number of rotatable bonds is 1. The number of hydrogen-bond donors (Lipinski definition) is 0. The maximum Gasteiger partial charge on any atom is 0.0481 e. The quantitative estimate of drug-likeness (QED) is 0.664. The fourth-order valence-electron chi connectivity index (χ4n) is 1.44. The zero-order chi connectivity index (χ0) is 16.7. The van der Waals surface area contributed by atoms with Gasteiger partial charge in [0.05, 0.1) is 0 Å². The minimum atomic E-state index is -2.25. The van der Waals surface area contributed by atoms with Crippen LogP contribution in [0.2, 0.25) is 0 Å². The van der Waals surface area contributed by atoms with Crippen LogP contribution in [0.3, 0.4) is 0 Å². The first-order valence-electron chi connectivity index (χ1n) is 8.41. The molecule has 1 aromatic rings. The third-order valence-electron chi connectivity index (χ3n) is 2.42. The monoisotopic (exact) mass is 206 g/mol. The fourth-order valence-corrected chi connectivity index (χ4v) is 1.44. The van der Waals surface area contributed by atoms with Gasteiger partial charge in [0.15, 0.2) is 0 Å². The Morgan fingerprint density at radius 3 is 2.80 bits per heavy atom. The SMILES string of the molecule is [2H]C1C(c2ccc(C([2H])([2H])[2H])cc2)=NC=C(C([2H])([2H])[2H])C1C. The molecular weight excluding hydrogens is 182 g/mol. The minimum absolute atomic E-state index is 0.176. The normalized spacial score (nSPS) is 34.3. The van der Waals surface area contributed by atoms with E-state index in [0.29, 0.717) is 11.3 Å². The van der Waals surface area contributed by atoms with E-state index in [2.05, 4.69) is 4.99 Å². The second-order valence-corrected chi connectivity index (χ2v) is 3.63. The molecule has 0 saturated heterocycles. The van der Waals surface area contributed by atoms with Gasteiger partial charge in [-0.05, 0) is 31.6 Å². The van der Waals surface area contributed by atoms with E-state index >= 15 is 0 Å². The van der Waals surface area contributed by atoms with Gasteiger partial charge >= 0.3 is 0 Å². The number of benzene rings is 1. The predicted molar refractivity (Wildman–Crippen MR) is 65.3 cm³/mol. The molecule has 0 radical (unpaired) electrons. The molecule has 78 valence electrons. The van der Waals surface area contributed by atoms with E-state index in [4.69, 9.17) is 9.60 Å². The number of hydrogen-bond acceptors (Lipinski definition) is 1. The van der Waals surface area contributed by atoms with E-state index in [-0.39, 0.29) is 11.1 Å². The summed E-state index contributed by atoms with van der Waals surface area (Å²) in [4.78, 5) is 4.14. The smallest absolute Gasteiger partial charge is 0.0481 e. The molecule has 0 spiro atoms. The highest BCUT2D eigenvalue weighted by atomic mass is 14.7. The zero-order valence-corrected chi connectivity index (χ0v) is 8.49. The molecule has 2 rings (SSSR count). The summed E-state index contributed by atoms with van der Waals surface area (Å²) in [6.07, 6.45) is 0.523. The Morgan fingerprint density at radius 2 is 2.13 bits per heavy atom. The van der Waals surface area contributed by atoms with E-state index in [0.717, 1.165) is 0 Å². The summed E-state index contributed by atoms with van der Waals surface area (Å²) in [5.41, 5.74) is 1.50. The van der Waals surface area contributed by atoms with Crippen LogP contribution < -0.4 is 0 Å². The summed E-state index contributed by atoms with van der Waals surface area (Å²) in [6.45, 7) is -2.73. The van der Waals surface area contributed by atoms with Crippen LogP contribution in [0.25, 0.3) is 0 Å². The Labute approximate surface area is 101 Å². The first kappa shape index (κ1) is 4.65. The Morgan fingerprint density at radius 1 is 1.33 bits per heavy atom. The molecule has 0 aliphatic carbocycles. The predicted octanol–water partition coefficient (Wildman–Crippen LogP) is 3.73. The standard InChI is InChI=1S/C14H17N/c1-10-4-6-13(7-5-10)14-8-11(2)12(3)9-15-14/h4-7,9,11H,8H2,1-3H3/i1D3,3D3,8D. The molecule has 0 amide bonds. The summed E-state index contributed by atoms with van der Waals surface area (Å²) in [6, 6.07) is 6.21. The molecule has 2 atom stereocenters. The largest absolute Gasteiger partial charge is 0.261 e. The van der Waals surface area contributed by atoms with Gasteiger partial charge in [-0.25, -0.2) is 0 Å². The van der Waals surface area contributed by atoms with Gasteiger partial charge in [-0.1, -0.05) is 42.3 Å². The van der Waals surface area contributed by atoms with Crippen molar-refractivity contribution in [1.29, 1.82) is 0 Å². The third-order valence-corrected chi connectivity index (χ3v) is 2.42. The van der Waals surface area contributed by atoms with E-state index in [1.54, 1.807) is 19.1 Å². The van der Waals surface area contributed by atoms with E-state index in [9.17, 15) is 0 Å². The maximum atomic E-state index is 8.23. The Hall–Kier alpha value is -1.37. The second-order valence-electron chi connectivity index (χ2n) is 3.63. The molecule has 1 aromatic carbocycles. The lowest BCUT2D eigenvalue weighted by Gasteiger charge is -2.18. The number of nitrogens with zero attached hydrogens (tertiary/aromatic N) is 1. The second kappa shape index (κ2) is 4.01. The summed E-state index contributed by atoms with van der Waals surface area (Å²) in [5.74, 6) is -0.470. The Kier molecular flexibility index (Phi) is 1.24. The lowest BCUT2D eigenvalue weighted by molar-refractivity contribution is 0.702. The molecule has 1 heterocycles. The molecule has 0 saturated carbocycles. The lowest BCUT2D eigenvalue weighted by Crippen LogP contribution is -2.11. The van der Waals surface area contributed by atoms with Gasteiger partial charge in [0.1, 0.15) is 0 Å². The first-order chi connectivity index (χ1) is 10.0. The molecular formula is C14H17N. The van der Waals surface area contributed by atoms with Crippen molar-refractivity contribution in [2.24, 2.45) is 10.9 Å². The molecule has 0 N–H and O–H groups in total. The van der Waals surface area contributed by atoms with Crippen molar-refractivity contribution in [2.75, 3.05) is 0 Å². The van der Waals surface area contributed by atoms with Crippen molar-refractivity contribution in [3.63, 3.8) is 0 Å². The van der Waals surface area contributed by atoms with Crippen molar-refractivity contribution in [3.05, 3.63) is 47.2 Å². The Balaban J connectivity index is 2.37. The number of allylic oxidation sites excluding steroid dienone is 1. The minimum Gasteiger partial charge on any atom is -0.261 e. The van der Waals surface area contributed by atoms with Crippen molar-refractivity contribution in [2.45, 2.75) is 27.0 Å². The van der Waals surface area contributed by atoms with Crippen LogP contribution in [0.1, 0.15) is 40.9 Å². The van der Waals surface area contributed by atoms with Crippen molar-refractivity contribution >= 4 is 5.71 Å². The van der Waals surface area contributed by atoms with Crippen LogP contribution in [-0.4, -0.2) is 5.71 Å². The lowest BCUT2D eigenvalue weighted by atomic mass is 9.91. The molecule has 1 aliphatic rings.